The zero-order chi connectivity index (χ0) is 17.5. The van der Waals surface area contributed by atoms with Crippen molar-refractivity contribution >= 4 is 5.91 Å². The van der Waals surface area contributed by atoms with Crippen LogP contribution in [-0.4, -0.2) is 30.6 Å². The van der Waals surface area contributed by atoms with Gasteiger partial charge in [-0.25, -0.2) is 9.37 Å². The van der Waals surface area contributed by atoms with E-state index < -0.39 is 0 Å². The molecule has 1 saturated carbocycles. The number of aryl methyl sites for hydroxylation is 1. The molecular formula is C19H23FN2O3. The van der Waals surface area contributed by atoms with Crippen LogP contribution in [0, 0.1) is 11.7 Å². The maximum Gasteiger partial charge on any atom is 0.220 e. The van der Waals surface area contributed by atoms with Crippen molar-refractivity contribution in [1.82, 2.24) is 10.3 Å². The molecule has 134 valence electrons. The lowest BCUT2D eigenvalue weighted by molar-refractivity contribution is -0.121. The van der Waals surface area contributed by atoms with E-state index in [1.807, 2.05) is 0 Å². The summed E-state index contributed by atoms with van der Waals surface area (Å²) in [6.45, 7) is 2.17. The highest BCUT2D eigenvalue weighted by molar-refractivity contribution is 5.76. The van der Waals surface area contributed by atoms with E-state index in [0.29, 0.717) is 37.6 Å². The Balaban J connectivity index is 1.32. The zero-order valence-electron chi connectivity index (χ0n) is 14.2. The van der Waals surface area contributed by atoms with Crippen molar-refractivity contribution in [2.45, 2.75) is 32.1 Å². The quantitative estimate of drug-likeness (QED) is 0.670. The number of carbonyl (C=O) groups excluding carboxylic acids is 1. The second-order valence-electron chi connectivity index (χ2n) is 6.35. The number of nitrogens with one attached hydrogen (secondary N) is 1. The van der Waals surface area contributed by atoms with E-state index in [0.717, 1.165) is 24.5 Å². The molecule has 1 fully saturated rings. The van der Waals surface area contributed by atoms with E-state index >= 15 is 0 Å². The van der Waals surface area contributed by atoms with Crippen LogP contribution >= 0.6 is 0 Å². The Kier molecular flexibility index (Phi) is 6.17. The molecule has 0 saturated heterocycles. The number of benzene rings is 1. The van der Waals surface area contributed by atoms with Gasteiger partial charge in [-0.2, -0.15) is 0 Å². The van der Waals surface area contributed by atoms with Gasteiger partial charge >= 0.3 is 0 Å². The molecule has 25 heavy (non-hydrogen) atoms. The molecule has 0 radical (unpaired) electrons. The SMILES string of the molecule is O=C(CCc1ncc(-c2ccc(F)cc2)o1)NCCCOCC1CC1. The smallest absolute Gasteiger partial charge is 0.220 e. The number of nitrogens with zero attached hydrogens (tertiary/aromatic N) is 1. The molecule has 0 bridgehead atoms. The van der Waals surface area contributed by atoms with Crippen molar-refractivity contribution in [2.75, 3.05) is 19.8 Å². The number of amides is 1. The zero-order valence-corrected chi connectivity index (χ0v) is 14.2. The normalized spacial score (nSPS) is 13.8. The molecule has 0 aliphatic heterocycles. The van der Waals surface area contributed by atoms with Crippen LogP contribution in [0.15, 0.2) is 34.9 Å². The average molecular weight is 346 g/mol. The Labute approximate surface area is 146 Å². The van der Waals surface area contributed by atoms with Crippen LogP contribution in [0.5, 0.6) is 0 Å². The first kappa shape index (κ1) is 17.6. The molecule has 6 heteroatoms. The highest BCUT2D eigenvalue weighted by Gasteiger charge is 2.20. The minimum absolute atomic E-state index is 0.0243. The van der Waals surface area contributed by atoms with Crippen molar-refractivity contribution in [1.29, 1.82) is 0 Å². The molecular weight excluding hydrogens is 323 g/mol. The summed E-state index contributed by atoms with van der Waals surface area (Å²) in [6, 6.07) is 6.02. The monoisotopic (exact) mass is 346 g/mol. The van der Waals surface area contributed by atoms with Gasteiger partial charge in [0.15, 0.2) is 11.7 Å². The van der Waals surface area contributed by atoms with Crippen LogP contribution in [0.4, 0.5) is 4.39 Å². The third-order valence-corrected chi connectivity index (χ3v) is 4.09. The lowest BCUT2D eigenvalue weighted by Gasteiger charge is -2.05. The van der Waals surface area contributed by atoms with Gasteiger partial charge in [0.2, 0.25) is 5.91 Å². The van der Waals surface area contributed by atoms with E-state index in [1.165, 1.54) is 25.0 Å². The first-order valence-electron chi connectivity index (χ1n) is 8.76. The average Bonchev–Trinajstić information content (AvgIpc) is 3.32. The number of oxazole rings is 1. The molecule has 1 aliphatic carbocycles. The van der Waals surface area contributed by atoms with E-state index in [1.54, 1.807) is 18.3 Å². The van der Waals surface area contributed by atoms with E-state index in [2.05, 4.69) is 10.3 Å². The van der Waals surface area contributed by atoms with Gasteiger partial charge in [0, 0.05) is 38.2 Å². The summed E-state index contributed by atoms with van der Waals surface area (Å²) < 4.78 is 24.1. The molecule has 3 rings (SSSR count). The van der Waals surface area contributed by atoms with Crippen molar-refractivity contribution in [3.63, 3.8) is 0 Å². The molecule has 0 unspecified atom stereocenters. The van der Waals surface area contributed by atoms with Crippen molar-refractivity contribution in [2.24, 2.45) is 5.92 Å². The molecule has 1 heterocycles. The number of carbonyl (C=O) groups is 1. The van der Waals surface area contributed by atoms with Crippen LogP contribution in [0.25, 0.3) is 11.3 Å². The van der Waals surface area contributed by atoms with Crippen molar-refractivity contribution in [3.8, 4) is 11.3 Å². The molecule has 1 N–H and O–H groups in total. The number of halogens is 1. The fraction of sp³-hybridized carbons (Fsp3) is 0.474. The van der Waals surface area contributed by atoms with E-state index in [-0.39, 0.29) is 11.7 Å². The molecule has 5 nitrogen and oxygen atoms in total. The van der Waals surface area contributed by atoms with Gasteiger partial charge in [0.25, 0.3) is 0 Å². The summed E-state index contributed by atoms with van der Waals surface area (Å²) in [5.74, 6) is 1.53. The fourth-order valence-electron chi connectivity index (χ4n) is 2.42. The summed E-state index contributed by atoms with van der Waals surface area (Å²) in [5, 5.41) is 2.87. The third-order valence-electron chi connectivity index (χ3n) is 4.09. The molecule has 0 spiro atoms. The molecule has 1 aromatic carbocycles. The lowest BCUT2D eigenvalue weighted by Crippen LogP contribution is -2.25. The van der Waals surface area contributed by atoms with Crippen LogP contribution < -0.4 is 5.32 Å². The summed E-state index contributed by atoms with van der Waals surface area (Å²) >= 11 is 0. The Morgan fingerprint density at radius 2 is 2.12 bits per heavy atom. The maximum absolute atomic E-state index is 12.9. The van der Waals surface area contributed by atoms with E-state index in [9.17, 15) is 9.18 Å². The standard InChI is InChI=1S/C19H23FN2O3/c20-16-6-4-15(5-7-16)17-12-22-19(25-17)9-8-18(23)21-10-1-11-24-13-14-2-3-14/h4-7,12,14H,1-3,8-11,13H2,(H,21,23). The first-order valence-corrected chi connectivity index (χ1v) is 8.76. The van der Waals surface area contributed by atoms with Gasteiger partial charge < -0.3 is 14.5 Å². The largest absolute Gasteiger partial charge is 0.441 e. The van der Waals surface area contributed by atoms with Gasteiger partial charge in [0.1, 0.15) is 5.82 Å². The highest BCUT2D eigenvalue weighted by atomic mass is 19.1. The second kappa shape index (κ2) is 8.76. The number of hydrogen-bond acceptors (Lipinski definition) is 4. The Bertz CT molecular complexity index is 680. The predicted octanol–water partition coefficient (Wildman–Crippen LogP) is 3.35. The summed E-state index contributed by atoms with van der Waals surface area (Å²) in [4.78, 5) is 16.0. The summed E-state index contributed by atoms with van der Waals surface area (Å²) in [7, 11) is 0. The summed E-state index contributed by atoms with van der Waals surface area (Å²) in [6.07, 6.45) is 5.77. The van der Waals surface area contributed by atoms with Gasteiger partial charge in [-0.1, -0.05) is 0 Å². The summed E-state index contributed by atoms with van der Waals surface area (Å²) in [5.41, 5.74) is 0.760. The predicted molar refractivity (Wildman–Crippen MR) is 91.4 cm³/mol. The Morgan fingerprint density at radius 3 is 2.88 bits per heavy atom. The fourth-order valence-corrected chi connectivity index (χ4v) is 2.42. The topological polar surface area (TPSA) is 64.4 Å². The van der Waals surface area contributed by atoms with Crippen molar-refractivity contribution in [3.05, 3.63) is 42.2 Å². The molecule has 1 amide bonds. The number of aromatic nitrogens is 1. The minimum Gasteiger partial charge on any atom is -0.441 e. The van der Waals surface area contributed by atoms with Crippen LogP contribution in [0.1, 0.15) is 31.6 Å². The van der Waals surface area contributed by atoms with Crippen LogP contribution in [-0.2, 0) is 16.0 Å². The van der Waals surface area contributed by atoms with Crippen LogP contribution in [0.2, 0.25) is 0 Å². The van der Waals surface area contributed by atoms with Gasteiger partial charge in [-0.05, 0) is 49.4 Å². The second-order valence-corrected chi connectivity index (χ2v) is 6.35. The van der Waals surface area contributed by atoms with Gasteiger partial charge in [-0.3, -0.25) is 4.79 Å². The van der Waals surface area contributed by atoms with Gasteiger partial charge in [0.05, 0.1) is 6.20 Å². The van der Waals surface area contributed by atoms with Gasteiger partial charge in [-0.15, -0.1) is 0 Å². The maximum atomic E-state index is 12.9. The van der Waals surface area contributed by atoms with Crippen molar-refractivity contribution < 1.29 is 18.3 Å². The molecule has 1 aliphatic rings. The number of hydrogen-bond donors (Lipinski definition) is 1. The van der Waals surface area contributed by atoms with Crippen LogP contribution in [0.3, 0.4) is 0 Å². The molecule has 2 aromatic rings. The first-order chi connectivity index (χ1) is 12.2. The molecule has 1 aromatic heterocycles. The number of ether oxygens (including phenoxy) is 1. The Hall–Kier alpha value is -2.21. The highest BCUT2D eigenvalue weighted by Crippen LogP contribution is 2.28. The van der Waals surface area contributed by atoms with E-state index in [4.69, 9.17) is 9.15 Å². The number of rotatable bonds is 10. The molecule has 0 atom stereocenters. The minimum atomic E-state index is -0.293. The Morgan fingerprint density at radius 1 is 1.32 bits per heavy atom. The third kappa shape index (κ3) is 5.98. The lowest BCUT2D eigenvalue weighted by atomic mass is 10.2.